The van der Waals surface area contributed by atoms with E-state index in [1.54, 1.807) is 0 Å². The summed E-state index contributed by atoms with van der Waals surface area (Å²) >= 11 is 0. The maximum absolute atomic E-state index is 12.2. The van der Waals surface area contributed by atoms with E-state index < -0.39 is 12.6 Å². The molecule has 0 spiro atoms. The molecule has 0 fully saturated rings. The smallest absolute Gasteiger partial charge is 0.382 e. The number of nitrogens with zero attached hydrogens (tertiary/aromatic N) is 4. The minimum atomic E-state index is -4.10. The van der Waals surface area contributed by atoms with Crippen molar-refractivity contribution in [3.63, 3.8) is 0 Å². The lowest BCUT2D eigenvalue weighted by Gasteiger charge is -2.13. The van der Waals surface area contributed by atoms with Gasteiger partial charge in [0.1, 0.15) is 12.4 Å². The van der Waals surface area contributed by atoms with Gasteiger partial charge in [0.15, 0.2) is 11.8 Å². The maximum Gasteiger partial charge on any atom is 0.389 e. The monoisotopic (exact) mass is 378 g/mol. The van der Waals surface area contributed by atoms with E-state index in [0.29, 0.717) is 45.2 Å². The van der Waals surface area contributed by atoms with Crippen molar-refractivity contribution in [1.29, 1.82) is 0 Å². The number of halogens is 3. The van der Waals surface area contributed by atoms with Gasteiger partial charge in [-0.1, -0.05) is 0 Å². The van der Waals surface area contributed by atoms with Gasteiger partial charge in [-0.15, -0.1) is 10.2 Å². The molecule has 1 aromatic heterocycles. The standard InChI is InChI=1S/C16H29F3N6O/c1-4-26-11-7-10-21-15(20-9-6-5-8-16(17,18)19)22-12-14-24-23-13(2)25(14)3/h4-12H2,1-3H3,(H2,20,21,22). The van der Waals surface area contributed by atoms with E-state index in [1.165, 1.54) is 0 Å². The Morgan fingerprint density at radius 3 is 2.42 bits per heavy atom. The highest BCUT2D eigenvalue weighted by molar-refractivity contribution is 5.79. The molecule has 0 unspecified atom stereocenters. The average molecular weight is 378 g/mol. The average Bonchev–Trinajstić information content (AvgIpc) is 2.89. The first kappa shape index (κ1) is 22.2. The Morgan fingerprint density at radius 1 is 1.15 bits per heavy atom. The summed E-state index contributed by atoms with van der Waals surface area (Å²) < 4.78 is 43.7. The molecule has 0 atom stereocenters. The topological polar surface area (TPSA) is 76.4 Å². The molecule has 0 saturated heterocycles. The van der Waals surface area contributed by atoms with Gasteiger partial charge in [0.25, 0.3) is 0 Å². The van der Waals surface area contributed by atoms with E-state index in [1.807, 2.05) is 25.5 Å². The van der Waals surface area contributed by atoms with Crippen LogP contribution in [-0.2, 0) is 18.3 Å². The van der Waals surface area contributed by atoms with Crippen molar-refractivity contribution in [1.82, 2.24) is 25.4 Å². The number of guanidine groups is 1. The summed E-state index contributed by atoms with van der Waals surface area (Å²) in [5.41, 5.74) is 0. The van der Waals surface area contributed by atoms with Gasteiger partial charge in [-0.3, -0.25) is 0 Å². The lowest BCUT2D eigenvalue weighted by atomic mass is 10.2. The summed E-state index contributed by atoms with van der Waals surface area (Å²) in [6, 6.07) is 0. The molecule has 0 aliphatic heterocycles. The Labute approximate surface area is 152 Å². The Bertz CT molecular complexity index is 545. The molecule has 0 aliphatic carbocycles. The lowest BCUT2D eigenvalue weighted by molar-refractivity contribution is -0.135. The third-order valence-electron chi connectivity index (χ3n) is 3.70. The number of hydrogen-bond donors (Lipinski definition) is 2. The Kier molecular flexibility index (Phi) is 10.0. The van der Waals surface area contributed by atoms with E-state index in [4.69, 9.17) is 4.74 Å². The highest BCUT2D eigenvalue weighted by atomic mass is 19.4. The van der Waals surface area contributed by atoms with Gasteiger partial charge >= 0.3 is 6.18 Å². The predicted octanol–water partition coefficient (Wildman–Crippen LogP) is 2.32. The van der Waals surface area contributed by atoms with Crippen molar-refractivity contribution in [3.05, 3.63) is 11.6 Å². The SMILES string of the molecule is CCOCCCNC(=NCc1nnc(C)n1C)NCCCCC(F)(F)F. The number of alkyl halides is 3. The number of unbranched alkanes of at least 4 members (excludes halogenated alkanes) is 1. The summed E-state index contributed by atoms with van der Waals surface area (Å²) in [6.07, 6.45) is -3.54. The van der Waals surface area contributed by atoms with Crippen LogP contribution in [0.1, 0.15) is 44.3 Å². The van der Waals surface area contributed by atoms with Crippen molar-refractivity contribution in [2.24, 2.45) is 12.0 Å². The van der Waals surface area contributed by atoms with Crippen LogP contribution < -0.4 is 10.6 Å². The van der Waals surface area contributed by atoms with Crippen LogP contribution in [0.25, 0.3) is 0 Å². The van der Waals surface area contributed by atoms with Gasteiger partial charge in [0.05, 0.1) is 0 Å². The molecular formula is C16H29F3N6O. The second kappa shape index (κ2) is 11.7. The predicted molar refractivity (Wildman–Crippen MR) is 93.9 cm³/mol. The second-order valence-electron chi connectivity index (χ2n) is 5.86. The molecule has 0 radical (unpaired) electrons. The van der Waals surface area contributed by atoms with Crippen molar-refractivity contribution in [3.8, 4) is 0 Å². The van der Waals surface area contributed by atoms with Crippen LogP contribution in [0.15, 0.2) is 4.99 Å². The van der Waals surface area contributed by atoms with Crippen LogP contribution in [0.3, 0.4) is 0 Å². The molecular weight excluding hydrogens is 349 g/mol. The fourth-order valence-electron chi connectivity index (χ4n) is 2.10. The van der Waals surface area contributed by atoms with Gasteiger partial charge < -0.3 is 19.9 Å². The molecule has 7 nitrogen and oxygen atoms in total. The normalized spacial score (nSPS) is 12.5. The fraction of sp³-hybridized carbons (Fsp3) is 0.812. The van der Waals surface area contributed by atoms with Crippen LogP contribution in [-0.4, -0.2) is 53.2 Å². The maximum atomic E-state index is 12.2. The Hall–Kier alpha value is -1.84. The zero-order chi connectivity index (χ0) is 19.4. The molecule has 150 valence electrons. The number of aryl methyl sites for hydroxylation is 1. The molecule has 26 heavy (non-hydrogen) atoms. The fourth-order valence-corrected chi connectivity index (χ4v) is 2.10. The number of rotatable bonds is 11. The molecule has 0 aromatic carbocycles. The van der Waals surface area contributed by atoms with Gasteiger partial charge in [-0.05, 0) is 33.1 Å². The summed E-state index contributed by atoms with van der Waals surface area (Å²) in [5, 5.41) is 14.3. The number of aliphatic imine (C=N–C) groups is 1. The molecule has 2 N–H and O–H groups in total. The molecule has 1 aromatic rings. The summed E-state index contributed by atoms with van der Waals surface area (Å²) in [6.45, 7) is 6.52. The first-order valence-electron chi connectivity index (χ1n) is 8.85. The quantitative estimate of drug-likeness (QED) is 0.351. The van der Waals surface area contributed by atoms with E-state index in [9.17, 15) is 13.2 Å². The number of ether oxygens (including phenoxy) is 1. The van der Waals surface area contributed by atoms with Crippen LogP contribution in [0.4, 0.5) is 13.2 Å². The van der Waals surface area contributed by atoms with Gasteiger partial charge in [0, 0.05) is 39.8 Å². The molecule has 10 heteroatoms. The molecule has 0 bridgehead atoms. The molecule has 1 rings (SSSR count). The second-order valence-corrected chi connectivity index (χ2v) is 5.86. The van der Waals surface area contributed by atoms with Crippen LogP contribution >= 0.6 is 0 Å². The summed E-state index contributed by atoms with van der Waals surface area (Å²) in [7, 11) is 1.86. The van der Waals surface area contributed by atoms with Gasteiger partial charge in [-0.2, -0.15) is 13.2 Å². The highest BCUT2D eigenvalue weighted by Gasteiger charge is 2.25. The van der Waals surface area contributed by atoms with Crippen molar-refractivity contribution in [2.75, 3.05) is 26.3 Å². The lowest BCUT2D eigenvalue weighted by Crippen LogP contribution is -2.38. The molecule has 0 saturated carbocycles. The van der Waals surface area contributed by atoms with Crippen molar-refractivity contribution in [2.45, 2.75) is 52.3 Å². The first-order chi connectivity index (χ1) is 12.3. The van der Waals surface area contributed by atoms with Crippen LogP contribution in [0.2, 0.25) is 0 Å². The van der Waals surface area contributed by atoms with Crippen LogP contribution in [0, 0.1) is 6.92 Å². The number of nitrogens with one attached hydrogen (secondary N) is 2. The molecule has 0 amide bonds. The van der Waals surface area contributed by atoms with E-state index in [2.05, 4.69) is 25.8 Å². The van der Waals surface area contributed by atoms with Crippen molar-refractivity contribution < 1.29 is 17.9 Å². The highest BCUT2D eigenvalue weighted by Crippen LogP contribution is 2.21. The largest absolute Gasteiger partial charge is 0.389 e. The minimum Gasteiger partial charge on any atom is -0.382 e. The van der Waals surface area contributed by atoms with Crippen molar-refractivity contribution >= 4 is 5.96 Å². The third-order valence-corrected chi connectivity index (χ3v) is 3.70. The summed E-state index contributed by atoms with van der Waals surface area (Å²) in [5.74, 6) is 2.06. The zero-order valence-electron chi connectivity index (χ0n) is 15.7. The number of hydrogen-bond acceptors (Lipinski definition) is 4. The van der Waals surface area contributed by atoms with Crippen LogP contribution in [0.5, 0.6) is 0 Å². The first-order valence-corrected chi connectivity index (χ1v) is 8.85. The minimum absolute atomic E-state index is 0.0939. The molecule has 1 heterocycles. The molecule has 0 aliphatic rings. The van der Waals surface area contributed by atoms with E-state index in [0.717, 1.165) is 18.1 Å². The number of aromatic nitrogens is 3. The third kappa shape index (κ3) is 9.59. The van der Waals surface area contributed by atoms with Gasteiger partial charge in [0.2, 0.25) is 0 Å². The Morgan fingerprint density at radius 2 is 1.85 bits per heavy atom. The van der Waals surface area contributed by atoms with E-state index >= 15 is 0 Å². The van der Waals surface area contributed by atoms with E-state index in [-0.39, 0.29) is 6.42 Å². The zero-order valence-corrected chi connectivity index (χ0v) is 15.7. The Balaban J connectivity index is 2.46. The summed E-state index contributed by atoms with van der Waals surface area (Å²) in [4.78, 5) is 4.44. The van der Waals surface area contributed by atoms with Gasteiger partial charge in [-0.25, -0.2) is 4.99 Å².